The Balaban J connectivity index is 2.07. The first kappa shape index (κ1) is 14.1. The number of fused-ring (bicyclic) bond motifs is 1. The highest BCUT2D eigenvalue weighted by atomic mass is 19.1. The van der Waals surface area contributed by atoms with Gasteiger partial charge in [0.1, 0.15) is 11.5 Å². The van der Waals surface area contributed by atoms with E-state index in [0.717, 1.165) is 0 Å². The fourth-order valence-corrected chi connectivity index (χ4v) is 2.35. The maximum atomic E-state index is 12.9. The molecule has 1 heterocycles. The Hall–Kier alpha value is -2.82. The summed E-state index contributed by atoms with van der Waals surface area (Å²) in [4.78, 5) is 28.9. The topological polar surface area (TPSA) is 52.0 Å². The third-order valence-electron chi connectivity index (χ3n) is 3.48. The van der Waals surface area contributed by atoms with E-state index in [0.29, 0.717) is 22.3 Å². The van der Waals surface area contributed by atoms with Crippen LogP contribution in [-0.2, 0) is 6.54 Å². The number of carbonyl (C=O) groups is 1. The van der Waals surface area contributed by atoms with Crippen LogP contribution in [0.5, 0.6) is 0 Å². The fourth-order valence-electron chi connectivity index (χ4n) is 2.35. The molecule has 0 atom stereocenters. The third-order valence-corrected chi connectivity index (χ3v) is 3.48. The van der Waals surface area contributed by atoms with Crippen molar-refractivity contribution in [2.75, 3.05) is 0 Å². The highest BCUT2D eigenvalue weighted by Gasteiger charge is 2.13. The molecule has 0 aliphatic heterocycles. The summed E-state index contributed by atoms with van der Waals surface area (Å²) in [6.07, 6.45) is 0. The Bertz CT molecular complexity index is 914. The van der Waals surface area contributed by atoms with Gasteiger partial charge in [-0.25, -0.2) is 9.37 Å². The molecule has 22 heavy (non-hydrogen) atoms. The predicted molar refractivity (Wildman–Crippen MR) is 81.5 cm³/mol. The van der Waals surface area contributed by atoms with E-state index in [4.69, 9.17) is 0 Å². The van der Waals surface area contributed by atoms with Crippen LogP contribution in [0.25, 0.3) is 11.0 Å². The highest BCUT2D eigenvalue weighted by molar-refractivity contribution is 5.96. The van der Waals surface area contributed by atoms with Gasteiger partial charge >= 0.3 is 0 Å². The van der Waals surface area contributed by atoms with Gasteiger partial charge in [0.05, 0.1) is 17.6 Å². The van der Waals surface area contributed by atoms with Crippen LogP contribution in [0, 0.1) is 12.7 Å². The Morgan fingerprint density at radius 3 is 2.55 bits per heavy atom. The Kier molecular flexibility index (Phi) is 3.55. The molecule has 0 spiro atoms. The number of nitrogens with zero attached hydrogens (tertiary/aromatic N) is 2. The number of para-hydroxylation sites is 2. The molecule has 0 fully saturated rings. The molecule has 0 unspecified atom stereocenters. The van der Waals surface area contributed by atoms with Gasteiger partial charge in [0, 0.05) is 5.56 Å². The molecule has 0 aliphatic rings. The molecule has 0 saturated carbocycles. The highest BCUT2D eigenvalue weighted by Crippen LogP contribution is 2.11. The smallest absolute Gasteiger partial charge is 0.272 e. The molecule has 0 amide bonds. The molecule has 2 aromatic carbocycles. The van der Waals surface area contributed by atoms with Gasteiger partial charge in [-0.2, -0.15) is 0 Å². The van der Waals surface area contributed by atoms with E-state index < -0.39 is 5.82 Å². The molecule has 0 bridgehead atoms. The number of aromatic nitrogens is 2. The molecule has 0 N–H and O–H groups in total. The summed E-state index contributed by atoms with van der Waals surface area (Å²) in [5, 5.41) is 0. The zero-order valence-corrected chi connectivity index (χ0v) is 11.9. The third kappa shape index (κ3) is 2.53. The van der Waals surface area contributed by atoms with Gasteiger partial charge in [-0.1, -0.05) is 12.1 Å². The van der Waals surface area contributed by atoms with Gasteiger partial charge in [0.2, 0.25) is 0 Å². The number of halogens is 1. The minimum atomic E-state index is -0.404. The molecule has 3 aromatic rings. The summed E-state index contributed by atoms with van der Waals surface area (Å²) >= 11 is 0. The summed E-state index contributed by atoms with van der Waals surface area (Å²) in [6.45, 7) is 1.52. The van der Waals surface area contributed by atoms with Gasteiger partial charge in [-0.15, -0.1) is 0 Å². The van der Waals surface area contributed by atoms with Crippen molar-refractivity contribution in [3.63, 3.8) is 0 Å². The molecular formula is C17H13FN2O2. The Labute approximate surface area is 125 Å². The van der Waals surface area contributed by atoms with Crippen molar-refractivity contribution in [2.45, 2.75) is 13.5 Å². The van der Waals surface area contributed by atoms with Crippen molar-refractivity contribution in [2.24, 2.45) is 0 Å². The van der Waals surface area contributed by atoms with Gasteiger partial charge in [-0.05, 0) is 43.3 Å². The standard InChI is InChI=1S/C17H13FN2O2/c1-11-17(22)20(15-5-3-2-4-14(15)19-11)10-16(21)12-6-8-13(18)9-7-12/h2-9H,10H2,1H3. The molecule has 0 aliphatic carbocycles. The van der Waals surface area contributed by atoms with Gasteiger partial charge < -0.3 is 0 Å². The van der Waals surface area contributed by atoms with E-state index >= 15 is 0 Å². The van der Waals surface area contributed by atoms with Crippen molar-refractivity contribution in [1.29, 1.82) is 0 Å². The molecule has 1 aromatic heterocycles. The number of hydrogen-bond donors (Lipinski definition) is 0. The summed E-state index contributed by atoms with van der Waals surface area (Å²) < 4.78 is 14.3. The molecule has 5 heteroatoms. The zero-order valence-electron chi connectivity index (χ0n) is 11.9. The lowest BCUT2D eigenvalue weighted by molar-refractivity contribution is 0.0972. The summed E-state index contributed by atoms with van der Waals surface area (Å²) in [7, 11) is 0. The van der Waals surface area contributed by atoms with Crippen LogP contribution in [0.15, 0.2) is 53.3 Å². The fraction of sp³-hybridized carbons (Fsp3) is 0.118. The van der Waals surface area contributed by atoms with Crippen molar-refractivity contribution in [1.82, 2.24) is 9.55 Å². The molecule has 0 saturated heterocycles. The lowest BCUT2D eigenvalue weighted by atomic mass is 10.1. The molecule has 0 radical (unpaired) electrons. The van der Waals surface area contributed by atoms with E-state index in [1.54, 1.807) is 25.1 Å². The van der Waals surface area contributed by atoms with E-state index in [1.165, 1.54) is 28.8 Å². The number of ketones is 1. The van der Waals surface area contributed by atoms with Crippen LogP contribution in [-0.4, -0.2) is 15.3 Å². The van der Waals surface area contributed by atoms with Crippen LogP contribution in [0.1, 0.15) is 16.1 Å². The summed E-state index contributed by atoms with van der Waals surface area (Å²) in [5.41, 5.74) is 1.67. The first-order valence-corrected chi connectivity index (χ1v) is 6.81. The molecular weight excluding hydrogens is 283 g/mol. The van der Waals surface area contributed by atoms with E-state index in [9.17, 15) is 14.0 Å². The molecule has 3 rings (SSSR count). The SMILES string of the molecule is Cc1nc2ccccc2n(CC(=O)c2ccc(F)cc2)c1=O. The van der Waals surface area contributed by atoms with Crippen LogP contribution in [0.3, 0.4) is 0 Å². The average molecular weight is 296 g/mol. The monoisotopic (exact) mass is 296 g/mol. The van der Waals surface area contributed by atoms with E-state index in [1.807, 2.05) is 6.07 Å². The van der Waals surface area contributed by atoms with Crippen LogP contribution >= 0.6 is 0 Å². The average Bonchev–Trinajstić information content (AvgIpc) is 2.52. The molecule has 110 valence electrons. The first-order chi connectivity index (χ1) is 10.6. The maximum absolute atomic E-state index is 12.9. The number of rotatable bonds is 3. The van der Waals surface area contributed by atoms with Crippen LogP contribution in [0.4, 0.5) is 4.39 Å². The van der Waals surface area contributed by atoms with Crippen LogP contribution in [0.2, 0.25) is 0 Å². The second kappa shape index (κ2) is 5.52. The van der Waals surface area contributed by atoms with E-state index in [-0.39, 0.29) is 17.9 Å². The normalized spacial score (nSPS) is 10.8. The van der Waals surface area contributed by atoms with Crippen molar-refractivity contribution in [3.05, 3.63) is 76.0 Å². The first-order valence-electron chi connectivity index (χ1n) is 6.81. The largest absolute Gasteiger partial charge is 0.297 e. The molecule has 4 nitrogen and oxygen atoms in total. The quantitative estimate of drug-likeness (QED) is 0.698. The van der Waals surface area contributed by atoms with E-state index in [2.05, 4.69) is 4.98 Å². The Morgan fingerprint density at radius 1 is 1.14 bits per heavy atom. The number of benzene rings is 2. The zero-order chi connectivity index (χ0) is 15.7. The second-order valence-electron chi connectivity index (χ2n) is 5.01. The number of hydrogen-bond acceptors (Lipinski definition) is 3. The van der Waals surface area contributed by atoms with Crippen molar-refractivity contribution < 1.29 is 9.18 Å². The minimum absolute atomic E-state index is 0.103. The number of aryl methyl sites for hydroxylation is 1. The van der Waals surface area contributed by atoms with Gasteiger partial charge in [-0.3, -0.25) is 14.2 Å². The number of carbonyl (C=O) groups excluding carboxylic acids is 1. The lowest BCUT2D eigenvalue weighted by Gasteiger charge is -2.10. The van der Waals surface area contributed by atoms with Gasteiger partial charge in [0.25, 0.3) is 5.56 Å². The minimum Gasteiger partial charge on any atom is -0.297 e. The van der Waals surface area contributed by atoms with Crippen molar-refractivity contribution in [3.8, 4) is 0 Å². The summed E-state index contributed by atoms with van der Waals surface area (Å²) in [6, 6.07) is 12.4. The van der Waals surface area contributed by atoms with Crippen LogP contribution < -0.4 is 5.56 Å². The maximum Gasteiger partial charge on any atom is 0.272 e. The lowest BCUT2D eigenvalue weighted by Crippen LogP contribution is -2.27. The van der Waals surface area contributed by atoms with Gasteiger partial charge in [0.15, 0.2) is 5.78 Å². The Morgan fingerprint density at radius 2 is 1.82 bits per heavy atom. The second-order valence-corrected chi connectivity index (χ2v) is 5.01. The van der Waals surface area contributed by atoms with Crippen molar-refractivity contribution >= 4 is 16.8 Å². The summed E-state index contributed by atoms with van der Waals surface area (Å²) in [5.74, 6) is -0.656. The predicted octanol–water partition coefficient (Wildman–Crippen LogP) is 2.73. The number of Topliss-reactive ketones (excluding diaryl/α,β-unsaturated/α-hetero) is 1.